The second kappa shape index (κ2) is 7.73. The van der Waals surface area contributed by atoms with E-state index in [0.717, 1.165) is 6.42 Å². The molecule has 0 aliphatic heterocycles. The quantitative estimate of drug-likeness (QED) is 0.725. The normalized spacial score (nSPS) is 13.3. The van der Waals surface area contributed by atoms with Crippen molar-refractivity contribution in [2.24, 2.45) is 0 Å². The third kappa shape index (κ3) is 4.82. The monoisotopic (exact) mass is 297 g/mol. The summed E-state index contributed by atoms with van der Waals surface area (Å²) in [5.74, 6) is 0.716. The lowest BCUT2D eigenvalue weighted by atomic mass is 10.0. The van der Waals surface area contributed by atoms with Gasteiger partial charge in [0.25, 0.3) is 0 Å². The van der Waals surface area contributed by atoms with E-state index in [2.05, 4.69) is 5.32 Å². The van der Waals surface area contributed by atoms with Crippen molar-refractivity contribution < 1.29 is 24.1 Å². The Morgan fingerprint density at radius 3 is 2.14 bits per heavy atom. The molecule has 0 amide bonds. The molecule has 0 bridgehead atoms. The van der Waals surface area contributed by atoms with Crippen molar-refractivity contribution in [2.45, 2.75) is 25.8 Å². The summed E-state index contributed by atoms with van der Waals surface area (Å²) < 4.78 is 15.9. The van der Waals surface area contributed by atoms with Crippen molar-refractivity contribution in [3.05, 3.63) is 18.2 Å². The van der Waals surface area contributed by atoms with E-state index in [-0.39, 0.29) is 6.61 Å². The molecule has 1 atom stereocenters. The summed E-state index contributed by atoms with van der Waals surface area (Å²) in [6.45, 7) is 4.18. The van der Waals surface area contributed by atoms with Gasteiger partial charge in [-0.15, -0.1) is 0 Å². The molecule has 6 nitrogen and oxygen atoms in total. The Labute approximate surface area is 125 Å². The van der Waals surface area contributed by atoms with Gasteiger partial charge in [0.05, 0.1) is 14.2 Å². The van der Waals surface area contributed by atoms with Gasteiger partial charge in [-0.2, -0.15) is 0 Å². The SMILES string of the molecule is CCCNC(C)(COc1cc(OC)cc(OC)c1)C(=O)O. The fraction of sp³-hybridized carbons (Fsp3) is 0.533. The molecule has 0 fully saturated rings. The second-order valence-corrected chi connectivity index (χ2v) is 4.90. The summed E-state index contributed by atoms with van der Waals surface area (Å²) in [7, 11) is 3.09. The van der Waals surface area contributed by atoms with E-state index in [1.54, 1.807) is 39.3 Å². The van der Waals surface area contributed by atoms with Crippen LogP contribution in [-0.4, -0.2) is 44.0 Å². The first-order chi connectivity index (χ1) is 9.95. The molecule has 1 unspecified atom stereocenters. The van der Waals surface area contributed by atoms with E-state index < -0.39 is 11.5 Å². The zero-order valence-electron chi connectivity index (χ0n) is 12.9. The highest BCUT2D eigenvalue weighted by Gasteiger charge is 2.33. The third-order valence-corrected chi connectivity index (χ3v) is 3.09. The Morgan fingerprint density at radius 1 is 1.19 bits per heavy atom. The van der Waals surface area contributed by atoms with Crippen LogP contribution in [0, 0.1) is 0 Å². The van der Waals surface area contributed by atoms with Gasteiger partial charge in [0.15, 0.2) is 0 Å². The number of benzene rings is 1. The number of ether oxygens (including phenoxy) is 3. The minimum atomic E-state index is -1.15. The molecule has 0 heterocycles. The van der Waals surface area contributed by atoms with Gasteiger partial charge >= 0.3 is 5.97 Å². The van der Waals surface area contributed by atoms with Crippen molar-refractivity contribution in [1.82, 2.24) is 5.32 Å². The van der Waals surface area contributed by atoms with Gasteiger partial charge in [-0.05, 0) is 19.9 Å². The molecular weight excluding hydrogens is 274 g/mol. The van der Waals surface area contributed by atoms with Crippen LogP contribution < -0.4 is 19.5 Å². The van der Waals surface area contributed by atoms with Gasteiger partial charge in [0, 0.05) is 18.2 Å². The minimum Gasteiger partial charge on any atom is -0.496 e. The molecule has 0 saturated carbocycles. The molecule has 1 aromatic rings. The molecule has 0 radical (unpaired) electrons. The van der Waals surface area contributed by atoms with Crippen LogP contribution in [0.2, 0.25) is 0 Å². The highest BCUT2D eigenvalue weighted by atomic mass is 16.5. The predicted molar refractivity (Wildman–Crippen MR) is 79.4 cm³/mol. The first-order valence-corrected chi connectivity index (χ1v) is 6.79. The van der Waals surface area contributed by atoms with E-state index in [0.29, 0.717) is 23.8 Å². The smallest absolute Gasteiger partial charge is 0.327 e. The number of hydrogen-bond acceptors (Lipinski definition) is 5. The Bertz CT molecular complexity index is 455. The van der Waals surface area contributed by atoms with Crippen LogP contribution in [-0.2, 0) is 4.79 Å². The molecule has 0 saturated heterocycles. The molecule has 1 aromatic carbocycles. The third-order valence-electron chi connectivity index (χ3n) is 3.09. The van der Waals surface area contributed by atoms with Crippen LogP contribution in [0.1, 0.15) is 20.3 Å². The first-order valence-electron chi connectivity index (χ1n) is 6.79. The first kappa shape index (κ1) is 17.1. The van der Waals surface area contributed by atoms with Crippen LogP contribution in [0.4, 0.5) is 0 Å². The number of rotatable bonds is 9. The standard InChI is InChI=1S/C15H23NO5/c1-5-6-16-15(2,14(17)18)10-21-13-8-11(19-3)7-12(9-13)20-4/h7-9,16H,5-6,10H2,1-4H3,(H,17,18). The molecule has 0 aromatic heterocycles. The number of carbonyl (C=O) groups is 1. The molecular formula is C15H23NO5. The van der Waals surface area contributed by atoms with Crippen LogP contribution in [0.3, 0.4) is 0 Å². The molecule has 6 heteroatoms. The largest absolute Gasteiger partial charge is 0.496 e. The van der Waals surface area contributed by atoms with Gasteiger partial charge in [-0.25, -0.2) is 0 Å². The van der Waals surface area contributed by atoms with E-state index in [1.165, 1.54) is 0 Å². The number of methoxy groups -OCH3 is 2. The van der Waals surface area contributed by atoms with Crippen LogP contribution >= 0.6 is 0 Å². The van der Waals surface area contributed by atoms with Crippen molar-refractivity contribution >= 4 is 5.97 Å². The lowest BCUT2D eigenvalue weighted by molar-refractivity contribution is -0.145. The fourth-order valence-electron chi connectivity index (χ4n) is 1.68. The predicted octanol–water partition coefficient (Wildman–Crippen LogP) is 1.93. The summed E-state index contributed by atoms with van der Waals surface area (Å²) in [5, 5.41) is 12.3. The Hall–Kier alpha value is -1.95. The number of carboxylic acid groups (broad SMARTS) is 1. The topological polar surface area (TPSA) is 77.0 Å². The summed E-state index contributed by atoms with van der Waals surface area (Å²) in [6, 6.07) is 5.09. The van der Waals surface area contributed by atoms with Gasteiger partial charge in [-0.3, -0.25) is 10.1 Å². The number of nitrogens with one attached hydrogen (secondary N) is 1. The van der Waals surface area contributed by atoms with Gasteiger partial charge in [0.1, 0.15) is 29.4 Å². The average molecular weight is 297 g/mol. The second-order valence-electron chi connectivity index (χ2n) is 4.90. The van der Waals surface area contributed by atoms with Crippen molar-refractivity contribution in [1.29, 1.82) is 0 Å². The maximum atomic E-state index is 11.4. The van der Waals surface area contributed by atoms with Crippen LogP contribution in [0.25, 0.3) is 0 Å². The minimum absolute atomic E-state index is 0.00133. The number of hydrogen-bond donors (Lipinski definition) is 2. The van der Waals surface area contributed by atoms with Crippen LogP contribution in [0.5, 0.6) is 17.2 Å². The molecule has 21 heavy (non-hydrogen) atoms. The zero-order valence-corrected chi connectivity index (χ0v) is 12.9. The average Bonchev–Trinajstić information content (AvgIpc) is 2.50. The van der Waals surface area contributed by atoms with E-state index in [4.69, 9.17) is 14.2 Å². The highest BCUT2D eigenvalue weighted by Crippen LogP contribution is 2.27. The summed E-state index contributed by atoms with van der Waals surface area (Å²) in [6.07, 6.45) is 0.843. The fourth-order valence-corrected chi connectivity index (χ4v) is 1.68. The van der Waals surface area contributed by atoms with Crippen molar-refractivity contribution in [3.8, 4) is 17.2 Å². The summed E-state index contributed by atoms with van der Waals surface area (Å²) in [5.41, 5.74) is -1.15. The molecule has 0 spiro atoms. The molecule has 118 valence electrons. The number of aliphatic carboxylic acids is 1. The van der Waals surface area contributed by atoms with E-state index in [9.17, 15) is 9.90 Å². The zero-order chi connectivity index (χ0) is 15.9. The van der Waals surface area contributed by atoms with Gasteiger partial charge in [0.2, 0.25) is 0 Å². The lowest BCUT2D eigenvalue weighted by Crippen LogP contribution is -2.54. The molecule has 0 aliphatic rings. The Morgan fingerprint density at radius 2 is 1.71 bits per heavy atom. The summed E-state index contributed by atoms with van der Waals surface area (Å²) in [4.78, 5) is 11.4. The van der Waals surface area contributed by atoms with E-state index >= 15 is 0 Å². The van der Waals surface area contributed by atoms with Gasteiger partial charge < -0.3 is 19.3 Å². The highest BCUT2D eigenvalue weighted by molar-refractivity contribution is 5.78. The van der Waals surface area contributed by atoms with E-state index in [1.807, 2.05) is 6.92 Å². The van der Waals surface area contributed by atoms with Crippen LogP contribution in [0.15, 0.2) is 18.2 Å². The van der Waals surface area contributed by atoms with Crippen molar-refractivity contribution in [2.75, 3.05) is 27.4 Å². The van der Waals surface area contributed by atoms with Crippen molar-refractivity contribution in [3.63, 3.8) is 0 Å². The molecule has 1 rings (SSSR count). The Balaban J connectivity index is 2.82. The molecule has 0 aliphatic carbocycles. The molecule has 2 N–H and O–H groups in total. The Kier molecular flexibility index (Phi) is 6.30. The maximum Gasteiger partial charge on any atom is 0.327 e. The maximum absolute atomic E-state index is 11.4. The van der Waals surface area contributed by atoms with Gasteiger partial charge in [-0.1, -0.05) is 6.92 Å². The summed E-state index contributed by atoms with van der Waals surface area (Å²) >= 11 is 0. The lowest BCUT2D eigenvalue weighted by Gasteiger charge is -2.26. The number of carboxylic acids is 1.